The van der Waals surface area contributed by atoms with Gasteiger partial charge in [-0.25, -0.2) is 0 Å². The molecule has 130 valence electrons. The number of hydrogen-bond donors (Lipinski definition) is 2. The molecule has 1 saturated heterocycles. The van der Waals surface area contributed by atoms with E-state index in [1.807, 2.05) is 6.07 Å². The number of methoxy groups -OCH3 is 1. The Morgan fingerprint density at radius 1 is 1.12 bits per heavy atom. The molecular weight excluding hydrogens is 298 g/mol. The number of benzene rings is 1. The molecule has 0 unspecified atom stereocenters. The summed E-state index contributed by atoms with van der Waals surface area (Å²) in [5, 5.41) is 4.84. The summed E-state index contributed by atoms with van der Waals surface area (Å²) in [5.74, 6) is 1.73. The van der Waals surface area contributed by atoms with E-state index in [0.717, 1.165) is 37.8 Å². The lowest BCUT2D eigenvalue weighted by Crippen LogP contribution is -2.47. The number of nitrogens with one attached hydrogen (secondary N) is 2. The van der Waals surface area contributed by atoms with Crippen LogP contribution in [0.3, 0.4) is 0 Å². The molecule has 1 aliphatic heterocycles. The van der Waals surface area contributed by atoms with Gasteiger partial charge in [-0.1, -0.05) is 19.3 Å². The SMILES string of the molecule is COc1ccc2[nH]cc([C@H](C3CCCCC3)N3CCNCC3)c2c1. The Hall–Kier alpha value is -1.52. The van der Waals surface area contributed by atoms with Crippen LogP contribution in [0.2, 0.25) is 0 Å². The van der Waals surface area contributed by atoms with Crippen molar-refractivity contribution in [3.8, 4) is 5.75 Å². The second-order valence-corrected chi connectivity index (χ2v) is 7.28. The highest BCUT2D eigenvalue weighted by atomic mass is 16.5. The summed E-state index contributed by atoms with van der Waals surface area (Å²) in [6.07, 6.45) is 9.17. The van der Waals surface area contributed by atoms with Gasteiger partial charge >= 0.3 is 0 Å². The summed E-state index contributed by atoms with van der Waals surface area (Å²) in [6, 6.07) is 6.93. The number of hydrogen-bond acceptors (Lipinski definition) is 3. The molecule has 1 atom stereocenters. The van der Waals surface area contributed by atoms with E-state index in [9.17, 15) is 0 Å². The normalized spacial score (nSPS) is 21.9. The fraction of sp³-hybridized carbons (Fsp3) is 0.600. The molecule has 2 N–H and O–H groups in total. The number of H-pyrrole nitrogens is 1. The zero-order valence-electron chi connectivity index (χ0n) is 14.7. The zero-order valence-corrected chi connectivity index (χ0v) is 14.7. The molecule has 1 aromatic carbocycles. The number of rotatable bonds is 4. The highest BCUT2D eigenvalue weighted by Gasteiger charge is 2.32. The first-order valence-corrected chi connectivity index (χ1v) is 9.46. The second-order valence-electron chi connectivity index (χ2n) is 7.28. The van der Waals surface area contributed by atoms with Crippen molar-refractivity contribution in [2.75, 3.05) is 33.3 Å². The van der Waals surface area contributed by atoms with Crippen LogP contribution in [0.4, 0.5) is 0 Å². The number of nitrogens with zero attached hydrogens (tertiary/aromatic N) is 1. The minimum atomic E-state index is 0.535. The first-order valence-electron chi connectivity index (χ1n) is 9.46. The van der Waals surface area contributed by atoms with E-state index in [1.165, 1.54) is 48.6 Å². The van der Waals surface area contributed by atoms with Gasteiger partial charge in [0.05, 0.1) is 7.11 Å². The Morgan fingerprint density at radius 3 is 2.67 bits per heavy atom. The number of aromatic amines is 1. The van der Waals surface area contributed by atoms with E-state index in [4.69, 9.17) is 4.74 Å². The number of aromatic nitrogens is 1. The Morgan fingerprint density at radius 2 is 1.92 bits per heavy atom. The van der Waals surface area contributed by atoms with Gasteiger partial charge in [-0.3, -0.25) is 4.90 Å². The van der Waals surface area contributed by atoms with E-state index in [2.05, 4.69) is 33.5 Å². The molecule has 2 aliphatic rings. The molecular formula is C20H29N3O. The summed E-state index contributed by atoms with van der Waals surface area (Å²) in [5.41, 5.74) is 2.69. The summed E-state index contributed by atoms with van der Waals surface area (Å²) < 4.78 is 5.48. The van der Waals surface area contributed by atoms with Gasteiger partial charge < -0.3 is 15.0 Å². The summed E-state index contributed by atoms with van der Waals surface area (Å²) in [4.78, 5) is 6.22. The molecule has 4 nitrogen and oxygen atoms in total. The fourth-order valence-corrected chi connectivity index (χ4v) is 4.65. The van der Waals surface area contributed by atoms with E-state index in [-0.39, 0.29) is 0 Å². The van der Waals surface area contributed by atoms with Crippen molar-refractivity contribution in [2.24, 2.45) is 5.92 Å². The molecule has 1 aliphatic carbocycles. The van der Waals surface area contributed by atoms with Crippen LogP contribution < -0.4 is 10.1 Å². The molecule has 1 aromatic heterocycles. The van der Waals surface area contributed by atoms with Crippen LogP contribution in [0, 0.1) is 5.92 Å². The van der Waals surface area contributed by atoms with Crippen molar-refractivity contribution in [3.05, 3.63) is 30.0 Å². The zero-order chi connectivity index (χ0) is 16.4. The third-order valence-corrected chi connectivity index (χ3v) is 5.88. The fourth-order valence-electron chi connectivity index (χ4n) is 4.65. The summed E-state index contributed by atoms with van der Waals surface area (Å²) in [6.45, 7) is 4.51. The molecule has 0 amide bonds. The maximum Gasteiger partial charge on any atom is 0.119 e. The van der Waals surface area contributed by atoms with E-state index >= 15 is 0 Å². The molecule has 2 heterocycles. The molecule has 0 bridgehead atoms. The van der Waals surface area contributed by atoms with Crippen molar-refractivity contribution in [1.82, 2.24) is 15.2 Å². The standard InChI is InChI=1S/C20H29N3O/c1-24-16-7-8-19-17(13-16)18(14-22-19)20(15-5-3-2-4-6-15)23-11-9-21-10-12-23/h7-8,13-15,20-22H,2-6,9-12H2,1H3/t20-/m0/s1. The van der Waals surface area contributed by atoms with Gasteiger partial charge in [0, 0.05) is 49.3 Å². The minimum Gasteiger partial charge on any atom is -0.497 e. The van der Waals surface area contributed by atoms with Crippen molar-refractivity contribution >= 4 is 10.9 Å². The van der Waals surface area contributed by atoms with Crippen molar-refractivity contribution in [3.63, 3.8) is 0 Å². The lowest BCUT2D eigenvalue weighted by atomic mass is 9.80. The minimum absolute atomic E-state index is 0.535. The van der Waals surface area contributed by atoms with Crippen LogP contribution in [0.25, 0.3) is 10.9 Å². The van der Waals surface area contributed by atoms with Gasteiger partial charge in [-0.2, -0.15) is 0 Å². The maximum absolute atomic E-state index is 5.48. The number of piperazine rings is 1. The molecule has 2 fully saturated rings. The molecule has 24 heavy (non-hydrogen) atoms. The van der Waals surface area contributed by atoms with Crippen LogP contribution in [0.15, 0.2) is 24.4 Å². The number of ether oxygens (including phenoxy) is 1. The van der Waals surface area contributed by atoms with Gasteiger partial charge in [0.1, 0.15) is 5.75 Å². The lowest BCUT2D eigenvalue weighted by molar-refractivity contribution is 0.104. The lowest BCUT2D eigenvalue weighted by Gasteiger charge is -2.41. The Bertz CT molecular complexity index is 651. The average molecular weight is 327 g/mol. The average Bonchev–Trinajstić information content (AvgIpc) is 3.07. The Balaban J connectivity index is 1.74. The van der Waals surface area contributed by atoms with Gasteiger partial charge in [-0.15, -0.1) is 0 Å². The highest BCUT2D eigenvalue weighted by Crippen LogP contribution is 2.41. The topological polar surface area (TPSA) is 40.3 Å². The molecule has 1 saturated carbocycles. The Kier molecular flexibility index (Phi) is 4.76. The quantitative estimate of drug-likeness (QED) is 0.899. The molecule has 4 rings (SSSR count). The molecule has 2 aromatic rings. The van der Waals surface area contributed by atoms with E-state index in [0.29, 0.717) is 6.04 Å². The first-order chi connectivity index (χ1) is 11.9. The van der Waals surface area contributed by atoms with Gasteiger partial charge in [0.2, 0.25) is 0 Å². The second kappa shape index (κ2) is 7.16. The van der Waals surface area contributed by atoms with Crippen LogP contribution >= 0.6 is 0 Å². The van der Waals surface area contributed by atoms with Gasteiger partial charge in [0.25, 0.3) is 0 Å². The summed E-state index contributed by atoms with van der Waals surface area (Å²) in [7, 11) is 1.75. The molecule has 0 radical (unpaired) electrons. The van der Waals surface area contributed by atoms with Crippen molar-refractivity contribution in [2.45, 2.75) is 38.1 Å². The van der Waals surface area contributed by atoms with Crippen molar-refractivity contribution in [1.29, 1.82) is 0 Å². The van der Waals surface area contributed by atoms with Crippen LogP contribution in [0.1, 0.15) is 43.7 Å². The predicted molar refractivity (Wildman–Crippen MR) is 98.6 cm³/mol. The summed E-state index contributed by atoms with van der Waals surface area (Å²) >= 11 is 0. The smallest absolute Gasteiger partial charge is 0.119 e. The van der Waals surface area contributed by atoms with Crippen LogP contribution in [-0.4, -0.2) is 43.2 Å². The number of fused-ring (bicyclic) bond motifs is 1. The van der Waals surface area contributed by atoms with Gasteiger partial charge in [0.15, 0.2) is 0 Å². The maximum atomic E-state index is 5.48. The van der Waals surface area contributed by atoms with E-state index in [1.54, 1.807) is 7.11 Å². The van der Waals surface area contributed by atoms with Crippen LogP contribution in [-0.2, 0) is 0 Å². The molecule has 0 spiro atoms. The van der Waals surface area contributed by atoms with Gasteiger partial charge in [-0.05, 0) is 42.5 Å². The van der Waals surface area contributed by atoms with E-state index < -0.39 is 0 Å². The predicted octanol–water partition coefficient (Wildman–Crippen LogP) is 3.70. The highest BCUT2D eigenvalue weighted by molar-refractivity contribution is 5.85. The largest absolute Gasteiger partial charge is 0.497 e. The first kappa shape index (κ1) is 16.0. The monoisotopic (exact) mass is 327 g/mol. The van der Waals surface area contributed by atoms with Crippen LogP contribution in [0.5, 0.6) is 5.75 Å². The third-order valence-electron chi connectivity index (χ3n) is 5.88. The third kappa shape index (κ3) is 3.05. The molecule has 4 heteroatoms. The Labute approximate surface area is 144 Å². The van der Waals surface area contributed by atoms with Crippen molar-refractivity contribution < 1.29 is 4.74 Å².